The number of hydrogen-bond donors (Lipinski definition) is 1. The fraction of sp³-hybridized carbons (Fsp3) is 0.286. The number of aromatic hydroxyl groups is 1. The van der Waals surface area contributed by atoms with Gasteiger partial charge in [0.1, 0.15) is 17.1 Å². The number of benzene rings is 2. The lowest BCUT2D eigenvalue weighted by molar-refractivity contribution is 0.103. The summed E-state index contributed by atoms with van der Waals surface area (Å²) in [6, 6.07) is 11.1. The maximum atomic E-state index is 13.3. The third kappa shape index (κ3) is 4.08. The van der Waals surface area contributed by atoms with Gasteiger partial charge in [-0.1, -0.05) is 39.0 Å². The van der Waals surface area contributed by atoms with Crippen LogP contribution in [0.1, 0.15) is 48.9 Å². The fourth-order valence-corrected chi connectivity index (χ4v) is 4.62. The van der Waals surface area contributed by atoms with E-state index in [1.165, 1.54) is 0 Å². The lowest BCUT2D eigenvalue weighted by Gasteiger charge is -2.17. The van der Waals surface area contributed by atoms with Gasteiger partial charge in [0.2, 0.25) is 0 Å². The number of phenolic OH excluding ortho intramolecular Hbond substituents is 1. The predicted molar refractivity (Wildman–Crippen MR) is 121 cm³/mol. The Morgan fingerprint density at radius 3 is 2.35 bits per heavy atom. The maximum Gasteiger partial charge on any atom is 0.197 e. The van der Waals surface area contributed by atoms with Gasteiger partial charge in [-0.2, -0.15) is 0 Å². The highest BCUT2D eigenvalue weighted by Gasteiger charge is 2.24. The molecule has 0 aliphatic rings. The number of aryl methyl sites for hydroxylation is 1. The molecule has 3 aromatic rings. The number of ketones is 1. The third-order valence-electron chi connectivity index (χ3n) is 4.28. The number of halogens is 2. The van der Waals surface area contributed by atoms with Gasteiger partial charge in [-0.05, 0) is 75.2 Å². The first-order chi connectivity index (χ1) is 12.2. The van der Waals surface area contributed by atoms with Crippen molar-refractivity contribution in [2.75, 3.05) is 0 Å². The summed E-state index contributed by atoms with van der Waals surface area (Å²) in [5, 5.41) is 10.8. The van der Waals surface area contributed by atoms with Crippen LogP contribution in [0.25, 0.3) is 11.0 Å². The van der Waals surface area contributed by atoms with Crippen LogP contribution < -0.4 is 0 Å². The second kappa shape index (κ2) is 7.50. The molecule has 136 valence electrons. The molecule has 26 heavy (non-hydrogen) atoms. The van der Waals surface area contributed by atoms with Crippen LogP contribution in [0.15, 0.2) is 40.8 Å². The largest absolute Gasteiger partial charge is 0.506 e. The van der Waals surface area contributed by atoms with Crippen molar-refractivity contribution < 1.29 is 14.3 Å². The van der Waals surface area contributed by atoms with Crippen LogP contribution in [0.4, 0.5) is 0 Å². The van der Waals surface area contributed by atoms with Gasteiger partial charge in [-0.3, -0.25) is 4.79 Å². The zero-order chi connectivity index (χ0) is 19.1. The Morgan fingerprint density at radius 1 is 1.12 bits per heavy atom. The maximum absolute atomic E-state index is 13.3. The van der Waals surface area contributed by atoms with E-state index >= 15 is 0 Å². The van der Waals surface area contributed by atoms with E-state index in [2.05, 4.69) is 66.0 Å². The molecule has 0 radical (unpaired) electrons. The van der Waals surface area contributed by atoms with Gasteiger partial charge in [-0.15, -0.1) is 0 Å². The van der Waals surface area contributed by atoms with Crippen molar-refractivity contribution in [1.29, 1.82) is 0 Å². The SMILES string of the molecule is CC(C)(C)CCc1oc2ccccc2c1C(=O)c1cc(I)c(O)c(I)c1. The van der Waals surface area contributed by atoms with Crippen molar-refractivity contribution in [3.63, 3.8) is 0 Å². The highest BCUT2D eigenvalue weighted by Crippen LogP contribution is 2.33. The molecule has 1 N–H and O–H groups in total. The topological polar surface area (TPSA) is 50.4 Å². The number of furan rings is 1. The molecule has 0 aliphatic heterocycles. The average molecular weight is 574 g/mol. The van der Waals surface area contributed by atoms with Crippen LogP contribution in [0.2, 0.25) is 0 Å². The smallest absolute Gasteiger partial charge is 0.197 e. The Kier molecular flexibility index (Phi) is 5.67. The summed E-state index contributed by atoms with van der Waals surface area (Å²) in [7, 11) is 0. The van der Waals surface area contributed by atoms with Crippen LogP contribution in [0.3, 0.4) is 0 Å². The molecule has 0 saturated heterocycles. The summed E-state index contributed by atoms with van der Waals surface area (Å²) >= 11 is 4.10. The Hall–Kier alpha value is -1.09. The third-order valence-corrected chi connectivity index (χ3v) is 5.92. The standard InChI is InChI=1S/C21H20I2O3/c1-21(2,3)9-8-17-18(13-6-4-5-7-16(13)26-17)19(24)12-10-14(22)20(25)15(23)11-12/h4-7,10-11,25H,8-9H2,1-3H3. The Bertz CT molecular complexity index is 958. The highest BCUT2D eigenvalue weighted by atomic mass is 127. The number of fused-ring (bicyclic) bond motifs is 1. The lowest BCUT2D eigenvalue weighted by Crippen LogP contribution is -2.09. The van der Waals surface area contributed by atoms with Gasteiger partial charge in [0.15, 0.2) is 5.78 Å². The summed E-state index contributed by atoms with van der Waals surface area (Å²) in [5.41, 5.74) is 2.10. The Morgan fingerprint density at radius 2 is 1.73 bits per heavy atom. The number of hydrogen-bond acceptors (Lipinski definition) is 3. The van der Waals surface area contributed by atoms with Crippen LogP contribution in [0, 0.1) is 12.6 Å². The zero-order valence-electron chi connectivity index (χ0n) is 14.9. The summed E-state index contributed by atoms with van der Waals surface area (Å²) in [5.74, 6) is 0.895. The van der Waals surface area contributed by atoms with Crippen LogP contribution in [0.5, 0.6) is 5.75 Å². The molecule has 1 aromatic heterocycles. The molecule has 0 fully saturated rings. The Balaban J connectivity index is 2.12. The molecule has 2 aromatic carbocycles. The number of carbonyl (C=O) groups is 1. The van der Waals surface area contributed by atoms with E-state index in [0.29, 0.717) is 24.7 Å². The van der Waals surface area contributed by atoms with E-state index < -0.39 is 0 Å². The molecule has 3 nitrogen and oxygen atoms in total. The van der Waals surface area contributed by atoms with E-state index in [-0.39, 0.29) is 16.9 Å². The van der Waals surface area contributed by atoms with Gasteiger partial charge < -0.3 is 9.52 Å². The molecule has 0 spiro atoms. The first kappa shape index (κ1) is 19.7. The molecule has 1 heterocycles. The second-order valence-corrected chi connectivity index (χ2v) is 9.90. The van der Waals surface area contributed by atoms with Crippen molar-refractivity contribution in [2.24, 2.45) is 5.41 Å². The van der Waals surface area contributed by atoms with Crippen LogP contribution >= 0.6 is 45.2 Å². The first-order valence-corrected chi connectivity index (χ1v) is 10.6. The minimum Gasteiger partial charge on any atom is -0.506 e. The normalized spacial score (nSPS) is 11.9. The molecule has 3 rings (SSSR count). The molecule has 0 unspecified atom stereocenters. The van der Waals surface area contributed by atoms with E-state index in [0.717, 1.165) is 23.2 Å². The van der Waals surface area contributed by atoms with E-state index in [1.54, 1.807) is 12.1 Å². The van der Waals surface area contributed by atoms with Gasteiger partial charge in [0.25, 0.3) is 0 Å². The molecule has 0 bridgehead atoms. The summed E-state index contributed by atoms with van der Waals surface area (Å²) < 4.78 is 7.38. The van der Waals surface area contributed by atoms with E-state index in [4.69, 9.17) is 4.42 Å². The number of para-hydroxylation sites is 1. The van der Waals surface area contributed by atoms with Gasteiger partial charge in [0, 0.05) is 17.4 Å². The number of phenols is 1. The van der Waals surface area contributed by atoms with Crippen LogP contribution in [-0.4, -0.2) is 10.9 Å². The minimum atomic E-state index is -0.0605. The summed E-state index contributed by atoms with van der Waals surface area (Å²) in [6.45, 7) is 6.55. The van der Waals surface area contributed by atoms with Gasteiger partial charge in [0.05, 0.1) is 12.7 Å². The van der Waals surface area contributed by atoms with Gasteiger partial charge in [-0.25, -0.2) is 0 Å². The lowest BCUT2D eigenvalue weighted by atomic mass is 9.88. The molecule has 5 heteroatoms. The second-order valence-electron chi connectivity index (χ2n) is 7.57. The van der Waals surface area contributed by atoms with Gasteiger partial charge >= 0.3 is 0 Å². The molecule has 0 amide bonds. The fourth-order valence-electron chi connectivity index (χ4n) is 2.85. The van der Waals surface area contributed by atoms with E-state index in [9.17, 15) is 9.90 Å². The molecule has 0 saturated carbocycles. The van der Waals surface area contributed by atoms with E-state index in [1.807, 2.05) is 24.3 Å². The monoisotopic (exact) mass is 574 g/mol. The predicted octanol–water partition coefficient (Wildman–Crippen LogP) is 6.56. The summed E-state index contributed by atoms with van der Waals surface area (Å²) in [6.07, 6.45) is 1.64. The van der Waals surface area contributed by atoms with Crippen molar-refractivity contribution in [1.82, 2.24) is 0 Å². The van der Waals surface area contributed by atoms with Crippen molar-refractivity contribution in [2.45, 2.75) is 33.6 Å². The average Bonchev–Trinajstić information content (AvgIpc) is 2.94. The molecular formula is C21H20I2O3. The molecule has 0 atom stereocenters. The number of carbonyl (C=O) groups excluding carboxylic acids is 1. The zero-order valence-corrected chi connectivity index (χ0v) is 19.2. The van der Waals surface area contributed by atoms with Crippen LogP contribution in [-0.2, 0) is 6.42 Å². The van der Waals surface area contributed by atoms with Crippen molar-refractivity contribution in [3.8, 4) is 5.75 Å². The highest BCUT2D eigenvalue weighted by molar-refractivity contribution is 14.1. The molecular weight excluding hydrogens is 554 g/mol. The number of rotatable bonds is 4. The Labute approximate surface area is 180 Å². The minimum absolute atomic E-state index is 0.0605. The summed E-state index contributed by atoms with van der Waals surface area (Å²) in [4.78, 5) is 13.3. The van der Waals surface area contributed by atoms with Crippen molar-refractivity contribution in [3.05, 3.63) is 60.4 Å². The molecule has 0 aliphatic carbocycles. The quantitative estimate of drug-likeness (QED) is 0.284. The first-order valence-electron chi connectivity index (χ1n) is 8.40. The van der Waals surface area contributed by atoms with Crippen molar-refractivity contribution >= 4 is 61.9 Å².